The SMILES string of the molecule is CCC(CC)Oc1ccc(C(C)(C)c2ccc(OC(C)=O)cc2)cc1. The molecule has 0 spiro atoms. The predicted molar refractivity (Wildman–Crippen MR) is 101 cm³/mol. The highest BCUT2D eigenvalue weighted by molar-refractivity contribution is 5.69. The van der Waals surface area contributed by atoms with E-state index < -0.39 is 0 Å². The van der Waals surface area contributed by atoms with Gasteiger partial charge in [0.05, 0.1) is 6.10 Å². The first-order valence-corrected chi connectivity index (χ1v) is 8.93. The topological polar surface area (TPSA) is 35.5 Å². The normalized spacial score (nSPS) is 11.4. The number of carbonyl (C=O) groups excluding carboxylic acids is 1. The van der Waals surface area contributed by atoms with Gasteiger partial charge in [0.15, 0.2) is 0 Å². The van der Waals surface area contributed by atoms with Crippen LogP contribution in [0.1, 0.15) is 58.6 Å². The highest BCUT2D eigenvalue weighted by Gasteiger charge is 2.23. The molecule has 0 fully saturated rings. The van der Waals surface area contributed by atoms with E-state index >= 15 is 0 Å². The molecule has 0 unspecified atom stereocenters. The molecule has 0 aliphatic carbocycles. The van der Waals surface area contributed by atoms with Crippen LogP contribution in [0.3, 0.4) is 0 Å². The quantitative estimate of drug-likeness (QED) is 0.493. The highest BCUT2D eigenvalue weighted by Crippen LogP contribution is 2.33. The number of ether oxygens (including phenoxy) is 2. The molecular formula is C22H28O3. The third-order valence-corrected chi connectivity index (χ3v) is 4.63. The Kier molecular flexibility index (Phi) is 6.24. The molecule has 2 aromatic carbocycles. The third kappa shape index (κ3) is 4.85. The van der Waals surface area contributed by atoms with Crippen molar-refractivity contribution in [2.24, 2.45) is 0 Å². The standard InChI is InChI=1S/C22H28O3/c1-6-19(7-2)25-21-14-10-18(11-15-21)22(4,5)17-8-12-20(13-9-17)24-16(3)23/h8-15,19H,6-7H2,1-5H3. The first-order chi connectivity index (χ1) is 11.9. The van der Waals surface area contributed by atoms with E-state index in [1.165, 1.54) is 12.5 Å². The van der Waals surface area contributed by atoms with Gasteiger partial charge in [0.25, 0.3) is 0 Å². The van der Waals surface area contributed by atoms with Gasteiger partial charge in [-0.1, -0.05) is 52.0 Å². The number of benzene rings is 2. The van der Waals surface area contributed by atoms with Gasteiger partial charge in [0.1, 0.15) is 11.5 Å². The zero-order chi connectivity index (χ0) is 18.4. The molecule has 0 aliphatic rings. The zero-order valence-corrected chi connectivity index (χ0v) is 15.8. The molecule has 2 aromatic rings. The predicted octanol–water partition coefficient (Wildman–Crippen LogP) is 5.51. The number of hydrogen-bond acceptors (Lipinski definition) is 3. The molecular weight excluding hydrogens is 312 g/mol. The summed E-state index contributed by atoms with van der Waals surface area (Å²) in [6.45, 7) is 10.1. The molecule has 0 radical (unpaired) electrons. The monoisotopic (exact) mass is 340 g/mol. The fourth-order valence-electron chi connectivity index (χ4n) is 2.87. The van der Waals surface area contributed by atoms with Crippen LogP contribution >= 0.6 is 0 Å². The van der Waals surface area contributed by atoms with E-state index in [1.807, 2.05) is 36.4 Å². The van der Waals surface area contributed by atoms with E-state index in [-0.39, 0.29) is 17.5 Å². The van der Waals surface area contributed by atoms with Crippen molar-refractivity contribution in [2.45, 2.75) is 59.0 Å². The Morgan fingerprint density at radius 2 is 1.32 bits per heavy atom. The first-order valence-electron chi connectivity index (χ1n) is 8.93. The first kappa shape index (κ1) is 19.0. The van der Waals surface area contributed by atoms with Gasteiger partial charge in [0.2, 0.25) is 0 Å². The molecule has 2 rings (SSSR count). The molecule has 0 atom stereocenters. The van der Waals surface area contributed by atoms with Crippen molar-refractivity contribution in [1.82, 2.24) is 0 Å². The summed E-state index contributed by atoms with van der Waals surface area (Å²) in [7, 11) is 0. The largest absolute Gasteiger partial charge is 0.490 e. The Labute approximate surface area is 151 Å². The molecule has 0 aromatic heterocycles. The van der Waals surface area contributed by atoms with Crippen molar-refractivity contribution >= 4 is 5.97 Å². The Hall–Kier alpha value is -2.29. The second kappa shape index (κ2) is 8.19. The van der Waals surface area contributed by atoms with Crippen LogP contribution in [0.25, 0.3) is 0 Å². The van der Waals surface area contributed by atoms with Gasteiger partial charge in [-0.2, -0.15) is 0 Å². The summed E-state index contributed by atoms with van der Waals surface area (Å²) in [5, 5.41) is 0. The summed E-state index contributed by atoms with van der Waals surface area (Å²) >= 11 is 0. The summed E-state index contributed by atoms with van der Waals surface area (Å²) in [6, 6.07) is 16.0. The van der Waals surface area contributed by atoms with Crippen molar-refractivity contribution in [2.75, 3.05) is 0 Å². The lowest BCUT2D eigenvalue weighted by Crippen LogP contribution is -2.19. The van der Waals surface area contributed by atoms with E-state index in [0.717, 1.165) is 24.2 Å². The second-order valence-electron chi connectivity index (χ2n) is 6.82. The Bertz CT molecular complexity index is 680. The lowest BCUT2D eigenvalue weighted by atomic mass is 9.78. The van der Waals surface area contributed by atoms with Crippen LogP contribution in [0, 0.1) is 0 Å². The maximum Gasteiger partial charge on any atom is 0.308 e. The van der Waals surface area contributed by atoms with Crippen LogP contribution < -0.4 is 9.47 Å². The van der Waals surface area contributed by atoms with Gasteiger partial charge in [-0.3, -0.25) is 4.79 Å². The van der Waals surface area contributed by atoms with E-state index in [0.29, 0.717) is 5.75 Å². The van der Waals surface area contributed by atoms with Gasteiger partial charge in [0, 0.05) is 12.3 Å². The van der Waals surface area contributed by atoms with Crippen molar-refractivity contribution in [3.63, 3.8) is 0 Å². The van der Waals surface area contributed by atoms with Crippen LogP contribution in [-0.4, -0.2) is 12.1 Å². The van der Waals surface area contributed by atoms with Gasteiger partial charge in [-0.15, -0.1) is 0 Å². The van der Waals surface area contributed by atoms with Gasteiger partial charge in [-0.25, -0.2) is 0 Å². The molecule has 0 N–H and O–H groups in total. The van der Waals surface area contributed by atoms with Crippen molar-refractivity contribution in [3.05, 3.63) is 59.7 Å². The molecule has 0 heterocycles. The van der Waals surface area contributed by atoms with Gasteiger partial charge < -0.3 is 9.47 Å². The Morgan fingerprint density at radius 1 is 0.880 bits per heavy atom. The van der Waals surface area contributed by atoms with Crippen molar-refractivity contribution in [1.29, 1.82) is 0 Å². The maximum absolute atomic E-state index is 11.0. The molecule has 3 heteroatoms. The van der Waals surface area contributed by atoms with Crippen LogP contribution in [0.4, 0.5) is 0 Å². The van der Waals surface area contributed by atoms with E-state index in [1.54, 1.807) is 0 Å². The smallest absolute Gasteiger partial charge is 0.308 e. The average molecular weight is 340 g/mol. The van der Waals surface area contributed by atoms with Crippen LogP contribution in [0.2, 0.25) is 0 Å². The number of carbonyl (C=O) groups is 1. The minimum absolute atomic E-state index is 0.151. The lowest BCUT2D eigenvalue weighted by molar-refractivity contribution is -0.131. The number of hydrogen-bond donors (Lipinski definition) is 0. The van der Waals surface area contributed by atoms with E-state index in [4.69, 9.17) is 9.47 Å². The van der Waals surface area contributed by atoms with Crippen LogP contribution in [-0.2, 0) is 10.2 Å². The van der Waals surface area contributed by atoms with Crippen molar-refractivity contribution in [3.8, 4) is 11.5 Å². The number of esters is 1. The molecule has 25 heavy (non-hydrogen) atoms. The summed E-state index contributed by atoms with van der Waals surface area (Å²) < 4.78 is 11.1. The average Bonchev–Trinajstić information content (AvgIpc) is 2.60. The zero-order valence-electron chi connectivity index (χ0n) is 15.8. The van der Waals surface area contributed by atoms with Crippen molar-refractivity contribution < 1.29 is 14.3 Å². The molecule has 134 valence electrons. The van der Waals surface area contributed by atoms with E-state index in [2.05, 4.69) is 39.8 Å². The van der Waals surface area contributed by atoms with Crippen LogP contribution in [0.15, 0.2) is 48.5 Å². The lowest BCUT2D eigenvalue weighted by Gasteiger charge is -2.26. The summed E-state index contributed by atoms with van der Waals surface area (Å²) in [4.78, 5) is 11.0. The molecule has 0 amide bonds. The summed E-state index contributed by atoms with van der Waals surface area (Å²) in [5.41, 5.74) is 2.23. The Morgan fingerprint density at radius 3 is 1.72 bits per heavy atom. The molecule has 3 nitrogen and oxygen atoms in total. The highest BCUT2D eigenvalue weighted by atomic mass is 16.5. The third-order valence-electron chi connectivity index (χ3n) is 4.63. The number of rotatable bonds is 7. The minimum Gasteiger partial charge on any atom is -0.490 e. The summed E-state index contributed by atoms with van der Waals surface area (Å²) in [5.74, 6) is 1.18. The molecule has 0 aliphatic heterocycles. The van der Waals surface area contributed by atoms with Gasteiger partial charge in [-0.05, 0) is 48.2 Å². The molecule has 0 saturated heterocycles. The second-order valence-corrected chi connectivity index (χ2v) is 6.82. The van der Waals surface area contributed by atoms with Gasteiger partial charge >= 0.3 is 5.97 Å². The van der Waals surface area contributed by atoms with E-state index in [9.17, 15) is 4.79 Å². The maximum atomic E-state index is 11.0. The summed E-state index contributed by atoms with van der Waals surface area (Å²) in [6.07, 6.45) is 2.30. The molecule has 0 saturated carbocycles. The molecule has 0 bridgehead atoms. The Balaban J connectivity index is 2.16. The fourth-order valence-corrected chi connectivity index (χ4v) is 2.87. The minimum atomic E-state index is -0.305. The van der Waals surface area contributed by atoms with Crippen LogP contribution in [0.5, 0.6) is 11.5 Å². The fraction of sp³-hybridized carbons (Fsp3) is 0.409.